The molecule has 0 aliphatic carbocycles. The van der Waals surface area contributed by atoms with Gasteiger partial charge in [-0.05, 0) is 37.4 Å². The quantitative estimate of drug-likeness (QED) is 0.205. The minimum absolute atomic E-state index is 0.00260. The smallest absolute Gasteiger partial charge is 0.338 e. The molecule has 0 radical (unpaired) electrons. The van der Waals surface area contributed by atoms with Crippen molar-refractivity contribution in [1.29, 1.82) is 0 Å². The molecule has 1 aliphatic heterocycles. The number of phosphoric acid groups is 1. The number of halogens is 3. The summed E-state index contributed by atoms with van der Waals surface area (Å²) < 4.78 is 57.9. The molecule has 2 N–H and O–H groups in total. The Hall–Kier alpha value is -4.54. The Morgan fingerprint density at radius 2 is 1.69 bits per heavy atom. The fourth-order valence-electron chi connectivity index (χ4n) is 4.98. The Morgan fingerprint density at radius 1 is 0.978 bits per heavy atom. The van der Waals surface area contributed by atoms with Crippen molar-refractivity contribution in [3.8, 4) is 16.9 Å². The van der Waals surface area contributed by atoms with Crippen LogP contribution < -0.4 is 16.1 Å². The number of piperazine rings is 1. The van der Waals surface area contributed by atoms with Crippen molar-refractivity contribution in [3.05, 3.63) is 81.4 Å². The SMILES string of the molecule is CN1CCN(c2ncc(-c3ccc4ncc5c(=O)n(COP(=O)(O)O)c(=O)n(-c6cccc(C(F)(F)F)c6)c5c4n3)cn2)CC1. The lowest BCUT2D eigenvalue weighted by Crippen LogP contribution is -2.45. The summed E-state index contributed by atoms with van der Waals surface area (Å²) in [5, 5.41) is -0.264. The number of likely N-dealkylation sites (N-methyl/N-ethyl adjacent to an activating group) is 1. The predicted molar refractivity (Wildman–Crippen MR) is 156 cm³/mol. The Labute approximate surface area is 251 Å². The van der Waals surface area contributed by atoms with Crippen LogP contribution >= 0.6 is 7.82 Å². The number of fused-ring (bicyclic) bond motifs is 3. The lowest BCUT2D eigenvalue weighted by Gasteiger charge is -2.32. The molecule has 0 atom stereocenters. The number of hydrogen-bond acceptors (Lipinski definition) is 10. The number of phosphoric ester groups is 1. The van der Waals surface area contributed by atoms with Gasteiger partial charge in [-0.15, -0.1) is 0 Å². The number of rotatable bonds is 6. The molecule has 5 heterocycles. The Kier molecular flexibility index (Phi) is 7.74. The van der Waals surface area contributed by atoms with Gasteiger partial charge in [0.15, 0.2) is 0 Å². The third-order valence-corrected chi connectivity index (χ3v) is 7.77. The van der Waals surface area contributed by atoms with E-state index < -0.39 is 37.5 Å². The average Bonchev–Trinajstić information content (AvgIpc) is 3.00. The molecule has 1 fully saturated rings. The first-order valence-corrected chi connectivity index (χ1v) is 14.9. The molecule has 14 nitrogen and oxygen atoms in total. The van der Waals surface area contributed by atoms with Gasteiger partial charge in [-0.3, -0.25) is 18.9 Å². The number of anilines is 1. The lowest BCUT2D eigenvalue weighted by atomic mass is 10.1. The second-order valence-electron chi connectivity index (χ2n) is 10.3. The molecule has 45 heavy (non-hydrogen) atoms. The van der Waals surface area contributed by atoms with Crippen LogP contribution in [0.3, 0.4) is 0 Å². The molecule has 0 bridgehead atoms. The van der Waals surface area contributed by atoms with E-state index in [1.807, 2.05) is 11.9 Å². The number of nitrogens with zero attached hydrogens (tertiary/aromatic N) is 8. The summed E-state index contributed by atoms with van der Waals surface area (Å²) >= 11 is 0. The third-order valence-electron chi connectivity index (χ3n) is 7.31. The topological polar surface area (TPSA) is 169 Å². The van der Waals surface area contributed by atoms with E-state index in [0.29, 0.717) is 27.8 Å². The Morgan fingerprint density at radius 3 is 2.36 bits per heavy atom. The van der Waals surface area contributed by atoms with Crippen LogP contribution in [-0.4, -0.2) is 77.0 Å². The van der Waals surface area contributed by atoms with Gasteiger partial charge in [0.1, 0.15) is 12.2 Å². The van der Waals surface area contributed by atoms with Gasteiger partial charge < -0.3 is 19.6 Å². The standard InChI is InChI=1S/C27H24F3N8O6P/c1-35-7-9-36(10-8-35)25-32-12-16(13-33-25)20-5-6-21-22(34-20)23-19(14-31-21)24(39)37(15-44-45(41,42)43)26(40)38(23)18-4-2-3-17(11-18)27(28,29)30/h2-6,11-14H,7-10,15H2,1H3,(H2,41,42,43). The Balaban J connectivity index is 1.56. The molecule has 4 aromatic heterocycles. The molecule has 0 unspecified atom stereocenters. The molecule has 1 saturated heterocycles. The molecule has 234 valence electrons. The Bertz CT molecular complexity index is 2090. The summed E-state index contributed by atoms with van der Waals surface area (Å²) in [5.41, 5.74) is -2.76. The molecular formula is C27H24F3N8O6P. The fraction of sp³-hybridized carbons (Fsp3) is 0.259. The summed E-state index contributed by atoms with van der Waals surface area (Å²) in [6.45, 7) is 2.05. The molecular weight excluding hydrogens is 620 g/mol. The highest BCUT2D eigenvalue weighted by Crippen LogP contribution is 2.36. The molecule has 5 aromatic rings. The van der Waals surface area contributed by atoms with E-state index in [1.165, 1.54) is 6.07 Å². The second kappa shape index (κ2) is 11.4. The van der Waals surface area contributed by atoms with E-state index >= 15 is 0 Å². The van der Waals surface area contributed by atoms with E-state index in [9.17, 15) is 37.1 Å². The number of benzene rings is 1. The van der Waals surface area contributed by atoms with Crippen LogP contribution in [0.1, 0.15) is 5.56 Å². The molecule has 6 rings (SSSR count). The van der Waals surface area contributed by atoms with Crippen LogP contribution in [0.25, 0.3) is 38.9 Å². The van der Waals surface area contributed by atoms with Crippen LogP contribution in [-0.2, 0) is 22.0 Å². The maximum absolute atomic E-state index is 13.7. The van der Waals surface area contributed by atoms with Gasteiger partial charge in [0, 0.05) is 50.3 Å². The molecule has 0 amide bonds. The van der Waals surface area contributed by atoms with Crippen molar-refractivity contribution in [3.63, 3.8) is 0 Å². The normalized spacial score (nSPS) is 14.8. The van der Waals surface area contributed by atoms with E-state index in [2.05, 4.69) is 29.4 Å². The van der Waals surface area contributed by atoms with Crippen molar-refractivity contribution < 1.29 is 32.0 Å². The molecule has 18 heteroatoms. The van der Waals surface area contributed by atoms with Gasteiger partial charge in [-0.25, -0.2) is 28.9 Å². The van der Waals surface area contributed by atoms with Crippen molar-refractivity contribution >= 4 is 35.7 Å². The average molecular weight is 645 g/mol. The molecule has 0 spiro atoms. The molecule has 1 aliphatic rings. The fourth-order valence-corrected chi connectivity index (χ4v) is 5.24. The number of pyridine rings is 2. The van der Waals surface area contributed by atoms with Crippen LogP contribution in [0.2, 0.25) is 0 Å². The second-order valence-corrected chi connectivity index (χ2v) is 11.5. The zero-order chi connectivity index (χ0) is 32.1. The van der Waals surface area contributed by atoms with E-state index in [-0.39, 0.29) is 27.6 Å². The van der Waals surface area contributed by atoms with Crippen LogP contribution in [0.4, 0.5) is 19.1 Å². The highest BCUT2D eigenvalue weighted by atomic mass is 31.2. The monoisotopic (exact) mass is 644 g/mol. The van der Waals surface area contributed by atoms with Crippen molar-refractivity contribution in [2.45, 2.75) is 12.9 Å². The van der Waals surface area contributed by atoms with Gasteiger partial charge >= 0.3 is 19.7 Å². The number of aromatic nitrogens is 6. The van der Waals surface area contributed by atoms with Crippen LogP contribution in [0, 0.1) is 0 Å². The summed E-state index contributed by atoms with van der Waals surface area (Å²) in [7, 11) is -3.11. The highest BCUT2D eigenvalue weighted by molar-refractivity contribution is 7.46. The maximum Gasteiger partial charge on any atom is 0.471 e. The number of hydrogen-bond donors (Lipinski definition) is 2. The van der Waals surface area contributed by atoms with Crippen molar-refractivity contribution in [2.24, 2.45) is 0 Å². The van der Waals surface area contributed by atoms with Gasteiger partial charge in [0.2, 0.25) is 5.95 Å². The van der Waals surface area contributed by atoms with Crippen LogP contribution in [0.15, 0.2) is 64.6 Å². The third kappa shape index (κ3) is 6.08. The molecule has 0 saturated carbocycles. The van der Waals surface area contributed by atoms with Gasteiger partial charge in [0.05, 0.1) is 33.4 Å². The minimum atomic E-state index is -5.15. The van der Waals surface area contributed by atoms with E-state index in [0.717, 1.165) is 49.1 Å². The maximum atomic E-state index is 13.7. The zero-order valence-electron chi connectivity index (χ0n) is 23.4. The highest BCUT2D eigenvalue weighted by Gasteiger charge is 2.31. The predicted octanol–water partition coefficient (Wildman–Crippen LogP) is 2.39. The zero-order valence-corrected chi connectivity index (χ0v) is 24.3. The summed E-state index contributed by atoms with van der Waals surface area (Å²) in [6, 6.07) is 7.01. The summed E-state index contributed by atoms with van der Waals surface area (Å²) in [5.74, 6) is 0.538. The van der Waals surface area contributed by atoms with Gasteiger partial charge in [0.25, 0.3) is 5.56 Å². The van der Waals surface area contributed by atoms with Crippen molar-refractivity contribution in [2.75, 3.05) is 38.1 Å². The van der Waals surface area contributed by atoms with Gasteiger partial charge in [-0.2, -0.15) is 13.2 Å². The molecule has 1 aromatic carbocycles. The first kappa shape index (κ1) is 30.5. The summed E-state index contributed by atoms with van der Waals surface area (Å²) in [6.07, 6.45) is -0.523. The van der Waals surface area contributed by atoms with Gasteiger partial charge in [-0.1, -0.05) is 6.07 Å². The lowest BCUT2D eigenvalue weighted by molar-refractivity contribution is -0.137. The minimum Gasteiger partial charge on any atom is -0.338 e. The van der Waals surface area contributed by atoms with Crippen molar-refractivity contribution in [1.82, 2.24) is 34.0 Å². The van der Waals surface area contributed by atoms with E-state index in [4.69, 9.17) is 0 Å². The first-order valence-electron chi connectivity index (χ1n) is 13.4. The van der Waals surface area contributed by atoms with E-state index in [1.54, 1.807) is 24.5 Å². The van der Waals surface area contributed by atoms with Crippen LogP contribution in [0.5, 0.6) is 0 Å². The number of alkyl halides is 3. The largest absolute Gasteiger partial charge is 0.471 e. The summed E-state index contributed by atoms with van der Waals surface area (Å²) in [4.78, 5) is 67.6. The first-order chi connectivity index (χ1) is 21.3.